The summed E-state index contributed by atoms with van der Waals surface area (Å²) in [6.45, 7) is 2.01. The molecule has 2 aromatic carbocycles. The van der Waals surface area contributed by atoms with E-state index in [-0.39, 0.29) is 0 Å². The van der Waals surface area contributed by atoms with E-state index in [1.807, 2.05) is 26.1 Å². The van der Waals surface area contributed by atoms with Gasteiger partial charge in [-0.05, 0) is 37.3 Å². The van der Waals surface area contributed by atoms with Crippen molar-refractivity contribution in [2.45, 2.75) is 6.92 Å². The van der Waals surface area contributed by atoms with Crippen LogP contribution in [0.4, 0.5) is 0 Å². The van der Waals surface area contributed by atoms with E-state index in [4.69, 9.17) is 0 Å². The molecule has 0 bridgehead atoms. The molecule has 0 atom stereocenters. The summed E-state index contributed by atoms with van der Waals surface area (Å²) in [6, 6.07) is 9.84. The van der Waals surface area contributed by atoms with E-state index < -0.39 is 0 Å². The highest BCUT2D eigenvalue weighted by Gasteiger charge is 2.10. The summed E-state index contributed by atoms with van der Waals surface area (Å²) in [6.07, 6.45) is 0. The average Bonchev–Trinajstić information content (AvgIpc) is 2.86. The molecule has 0 aliphatic carbocycles. The van der Waals surface area contributed by atoms with E-state index in [1.54, 1.807) is 17.4 Å². The van der Waals surface area contributed by atoms with Gasteiger partial charge >= 0.3 is 0 Å². The molecule has 4 aromatic rings. The zero-order valence-corrected chi connectivity index (χ0v) is 11.5. The lowest BCUT2D eigenvalue weighted by Gasteiger charge is -1.97. The maximum atomic E-state index is 9.65. The Hall–Kier alpha value is -2.07. The Morgan fingerprint density at radius 2 is 1.89 bits per heavy atom. The summed E-state index contributed by atoms with van der Waals surface area (Å²) in [5.74, 6) is 1.32. The van der Waals surface area contributed by atoms with Gasteiger partial charge in [0.1, 0.15) is 11.6 Å². The molecule has 0 amide bonds. The Bertz CT molecular complexity index is 949. The van der Waals surface area contributed by atoms with E-state index >= 15 is 0 Å². The van der Waals surface area contributed by atoms with Crippen LogP contribution in [0, 0.1) is 6.92 Å². The minimum atomic E-state index is 0.310. The lowest BCUT2D eigenvalue weighted by atomic mass is 10.1. The van der Waals surface area contributed by atoms with Gasteiger partial charge in [0, 0.05) is 27.2 Å². The van der Waals surface area contributed by atoms with Crippen LogP contribution in [0.15, 0.2) is 30.3 Å². The molecule has 2 aromatic heterocycles. The van der Waals surface area contributed by atoms with Crippen LogP contribution < -0.4 is 0 Å². The van der Waals surface area contributed by atoms with Crippen LogP contribution in [0.25, 0.3) is 31.2 Å². The number of imidazole rings is 1. The smallest absolute Gasteiger partial charge is 0.116 e. The summed E-state index contributed by atoms with van der Waals surface area (Å²) in [4.78, 5) is 4.58. The summed E-state index contributed by atoms with van der Waals surface area (Å²) in [5, 5.41) is 11.9. The van der Waals surface area contributed by atoms with Crippen LogP contribution in [0.1, 0.15) is 5.82 Å². The van der Waals surface area contributed by atoms with Crippen LogP contribution in [0.2, 0.25) is 0 Å². The van der Waals surface area contributed by atoms with Crippen molar-refractivity contribution in [3.8, 4) is 5.75 Å². The molecule has 0 spiro atoms. The quantitative estimate of drug-likeness (QED) is 0.524. The SMILES string of the molecule is Cc1nc2cc3c(cc2n1C)sc1ccc(O)cc13. The topological polar surface area (TPSA) is 38.0 Å². The van der Waals surface area contributed by atoms with E-state index in [0.717, 1.165) is 22.2 Å². The van der Waals surface area contributed by atoms with Crippen molar-refractivity contribution in [1.29, 1.82) is 0 Å². The highest BCUT2D eigenvalue weighted by Crippen LogP contribution is 2.37. The first-order valence-corrected chi connectivity index (χ1v) is 6.93. The maximum Gasteiger partial charge on any atom is 0.116 e. The molecule has 0 aliphatic rings. The van der Waals surface area contributed by atoms with Crippen LogP contribution in [-0.2, 0) is 7.05 Å². The maximum absolute atomic E-state index is 9.65. The fraction of sp³-hybridized carbons (Fsp3) is 0.133. The number of phenolic OH excluding ortho intramolecular Hbond substituents is 1. The number of aryl methyl sites for hydroxylation is 2. The molecule has 0 unspecified atom stereocenters. The van der Waals surface area contributed by atoms with Gasteiger partial charge in [0.05, 0.1) is 11.0 Å². The van der Waals surface area contributed by atoms with Crippen molar-refractivity contribution in [3.63, 3.8) is 0 Å². The number of phenols is 1. The van der Waals surface area contributed by atoms with Gasteiger partial charge < -0.3 is 9.67 Å². The molecule has 2 heterocycles. The number of hydrogen-bond acceptors (Lipinski definition) is 3. The molecule has 4 heteroatoms. The van der Waals surface area contributed by atoms with Gasteiger partial charge in [0.25, 0.3) is 0 Å². The third-order valence-electron chi connectivity index (χ3n) is 3.68. The van der Waals surface area contributed by atoms with Crippen molar-refractivity contribution in [2.75, 3.05) is 0 Å². The molecule has 3 nitrogen and oxygen atoms in total. The zero-order chi connectivity index (χ0) is 13.1. The number of fused-ring (bicyclic) bond motifs is 4. The van der Waals surface area contributed by atoms with Gasteiger partial charge in [-0.1, -0.05) is 0 Å². The first-order valence-electron chi connectivity index (χ1n) is 6.12. The monoisotopic (exact) mass is 268 g/mol. The Kier molecular flexibility index (Phi) is 1.98. The molecule has 0 fully saturated rings. The first-order chi connectivity index (χ1) is 9.13. The molecule has 4 rings (SSSR count). The second-order valence-electron chi connectivity index (χ2n) is 4.84. The summed E-state index contributed by atoms with van der Waals surface area (Å²) < 4.78 is 4.53. The van der Waals surface area contributed by atoms with E-state index in [1.165, 1.54) is 14.8 Å². The molecule has 0 saturated carbocycles. The van der Waals surface area contributed by atoms with Gasteiger partial charge in [-0.3, -0.25) is 0 Å². The number of hydrogen-bond donors (Lipinski definition) is 1. The predicted molar refractivity (Wildman–Crippen MR) is 80.0 cm³/mol. The molecular formula is C15H12N2OS. The van der Waals surface area contributed by atoms with Crippen LogP contribution in [0.3, 0.4) is 0 Å². The second kappa shape index (κ2) is 3.48. The molecule has 0 saturated heterocycles. The average molecular weight is 268 g/mol. The van der Waals surface area contributed by atoms with Crippen molar-refractivity contribution < 1.29 is 5.11 Å². The van der Waals surface area contributed by atoms with Crippen molar-refractivity contribution >= 4 is 42.5 Å². The molecule has 1 N–H and O–H groups in total. The molecular weight excluding hydrogens is 256 g/mol. The summed E-state index contributed by atoms with van der Waals surface area (Å²) in [5.41, 5.74) is 2.16. The minimum absolute atomic E-state index is 0.310. The number of rotatable bonds is 0. The van der Waals surface area contributed by atoms with Gasteiger partial charge in [-0.25, -0.2) is 4.98 Å². The fourth-order valence-electron chi connectivity index (χ4n) is 2.57. The molecule has 0 radical (unpaired) electrons. The first kappa shape index (κ1) is 10.8. The van der Waals surface area contributed by atoms with Crippen molar-refractivity contribution in [3.05, 3.63) is 36.2 Å². The lowest BCUT2D eigenvalue weighted by Crippen LogP contribution is -1.89. The van der Waals surface area contributed by atoms with Crippen LogP contribution in [-0.4, -0.2) is 14.7 Å². The van der Waals surface area contributed by atoms with Gasteiger partial charge in [0.2, 0.25) is 0 Å². The van der Waals surface area contributed by atoms with Crippen molar-refractivity contribution in [1.82, 2.24) is 9.55 Å². The standard InChI is InChI=1S/C15H12N2OS/c1-8-16-12-6-11-10-5-9(18)3-4-14(10)19-15(11)7-13(12)17(8)2/h3-7,18H,1-2H3. The fourth-order valence-corrected chi connectivity index (χ4v) is 3.67. The third kappa shape index (κ3) is 1.40. The minimum Gasteiger partial charge on any atom is -0.508 e. The van der Waals surface area contributed by atoms with E-state index in [9.17, 15) is 5.11 Å². The van der Waals surface area contributed by atoms with Gasteiger partial charge in [-0.15, -0.1) is 11.3 Å². The predicted octanol–water partition coefficient (Wildman–Crippen LogP) is 3.96. The highest BCUT2D eigenvalue weighted by molar-refractivity contribution is 7.25. The molecule has 94 valence electrons. The third-order valence-corrected chi connectivity index (χ3v) is 4.81. The Labute approximate surface area is 113 Å². The Morgan fingerprint density at radius 3 is 2.74 bits per heavy atom. The van der Waals surface area contributed by atoms with E-state index in [0.29, 0.717) is 5.75 Å². The Balaban J connectivity index is 2.23. The number of aromatic hydroxyl groups is 1. The molecule has 0 aliphatic heterocycles. The zero-order valence-electron chi connectivity index (χ0n) is 10.6. The summed E-state index contributed by atoms with van der Waals surface area (Å²) in [7, 11) is 2.04. The summed E-state index contributed by atoms with van der Waals surface area (Å²) >= 11 is 1.75. The van der Waals surface area contributed by atoms with Gasteiger partial charge in [-0.2, -0.15) is 0 Å². The largest absolute Gasteiger partial charge is 0.508 e. The highest BCUT2D eigenvalue weighted by atomic mass is 32.1. The Morgan fingerprint density at radius 1 is 1.11 bits per heavy atom. The lowest BCUT2D eigenvalue weighted by molar-refractivity contribution is 0.476. The normalized spacial score (nSPS) is 11.9. The van der Waals surface area contributed by atoms with Crippen molar-refractivity contribution in [2.24, 2.45) is 7.05 Å². The second-order valence-corrected chi connectivity index (χ2v) is 5.92. The number of nitrogens with zero attached hydrogens (tertiary/aromatic N) is 2. The number of aromatic nitrogens is 2. The van der Waals surface area contributed by atoms with E-state index in [2.05, 4.69) is 21.7 Å². The van der Waals surface area contributed by atoms with Gasteiger partial charge in [0.15, 0.2) is 0 Å². The number of thiophene rings is 1. The van der Waals surface area contributed by atoms with Crippen LogP contribution in [0.5, 0.6) is 5.75 Å². The van der Waals surface area contributed by atoms with Crippen LogP contribution >= 0.6 is 11.3 Å². The molecule has 19 heavy (non-hydrogen) atoms. The number of benzene rings is 2.